The third kappa shape index (κ3) is 6.16. The van der Waals surface area contributed by atoms with Gasteiger partial charge in [0.2, 0.25) is 5.78 Å². The number of nitrogens with zero attached hydrogens (tertiary/aromatic N) is 2. The fourth-order valence-corrected chi connectivity index (χ4v) is 2.71. The Morgan fingerprint density at radius 3 is 2.09 bits per heavy atom. The summed E-state index contributed by atoms with van der Waals surface area (Å²) in [6, 6.07) is 11.2. The fourth-order valence-electron chi connectivity index (χ4n) is 2.71. The highest BCUT2D eigenvalue weighted by atomic mass is 19.4. The number of carboxylic acid groups (broad SMARTS) is 1. The molecule has 0 spiro atoms. The largest absolute Gasteiger partial charge is 0.478 e. The number of rotatable bonds is 5. The van der Waals surface area contributed by atoms with Crippen LogP contribution < -0.4 is 16.0 Å². The summed E-state index contributed by atoms with van der Waals surface area (Å²) < 4.78 is 37.9. The molecule has 0 aliphatic carbocycles. The quantitative estimate of drug-likeness (QED) is 0.509. The molecule has 1 heterocycles. The molecule has 0 saturated carbocycles. The van der Waals surface area contributed by atoms with Crippen LogP contribution in [0.3, 0.4) is 0 Å². The number of halogens is 3. The smallest absolute Gasteiger partial charge is 0.471 e. The molecule has 0 aromatic heterocycles. The van der Waals surface area contributed by atoms with Gasteiger partial charge in [0.05, 0.1) is 16.9 Å². The Labute approximate surface area is 195 Å². The molecule has 0 radical (unpaired) electrons. The number of carboxylic acids is 1. The standard InChI is InChI=1S/C22H16F3N5O5/c1-26-13-6-8-14(9-7-13)27-17-15(10-16(31)18(29-17)30-21(35)22(23,24)25)28-19(32)11-2-4-12(5-3-11)20(33)34/h2-10,26H,1H3,(H,28,32)(H,33,34)(H,27,29,30,35). The van der Waals surface area contributed by atoms with Crippen LogP contribution in [0, 0.1) is 0 Å². The molecule has 2 aromatic carbocycles. The van der Waals surface area contributed by atoms with Crippen LogP contribution in [0.15, 0.2) is 70.3 Å². The maximum Gasteiger partial charge on any atom is 0.471 e. The molecule has 1 aliphatic rings. The van der Waals surface area contributed by atoms with E-state index in [2.05, 4.69) is 20.6 Å². The number of aromatic carboxylic acids is 1. The molecule has 13 heteroatoms. The second-order valence-corrected chi connectivity index (χ2v) is 6.90. The van der Waals surface area contributed by atoms with Crippen LogP contribution in [0.25, 0.3) is 0 Å². The van der Waals surface area contributed by atoms with E-state index in [1.165, 1.54) is 29.6 Å². The van der Waals surface area contributed by atoms with E-state index in [0.717, 1.165) is 11.8 Å². The maximum atomic E-state index is 12.6. The minimum Gasteiger partial charge on any atom is -0.478 e. The predicted octanol–water partition coefficient (Wildman–Crippen LogP) is 2.43. The van der Waals surface area contributed by atoms with Gasteiger partial charge in [0, 0.05) is 24.4 Å². The number of carbonyl (C=O) groups excluding carboxylic acids is 3. The van der Waals surface area contributed by atoms with E-state index in [9.17, 15) is 32.3 Å². The number of benzene rings is 2. The third-order valence-electron chi connectivity index (χ3n) is 4.49. The first-order valence-corrected chi connectivity index (χ1v) is 9.72. The number of aliphatic imine (C=N–C) groups is 2. The molecule has 180 valence electrons. The van der Waals surface area contributed by atoms with E-state index in [0.29, 0.717) is 0 Å². The lowest BCUT2D eigenvalue weighted by Crippen LogP contribution is -2.45. The molecule has 3 rings (SSSR count). The van der Waals surface area contributed by atoms with Gasteiger partial charge in [-0.05, 0) is 48.5 Å². The number of hydrogen-bond acceptors (Lipinski definition) is 6. The zero-order valence-electron chi connectivity index (χ0n) is 17.8. The summed E-state index contributed by atoms with van der Waals surface area (Å²) in [7, 11) is 1.69. The van der Waals surface area contributed by atoms with E-state index in [-0.39, 0.29) is 28.3 Å². The van der Waals surface area contributed by atoms with Crippen molar-refractivity contribution in [2.24, 2.45) is 9.98 Å². The predicted molar refractivity (Wildman–Crippen MR) is 119 cm³/mol. The highest BCUT2D eigenvalue weighted by molar-refractivity contribution is 6.49. The lowest BCUT2D eigenvalue weighted by molar-refractivity contribution is -0.171. The Morgan fingerprint density at radius 1 is 0.943 bits per heavy atom. The van der Waals surface area contributed by atoms with Gasteiger partial charge in [-0.3, -0.25) is 19.7 Å². The van der Waals surface area contributed by atoms with E-state index in [1.54, 1.807) is 31.3 Å². The third-order valence-corrected chi connectivity index (χ3v) is 4.49. The summed E-state index contributed by atoms with van der Waals surface area (Å²) >= 11 is 0. The number of ketones is 1. The minimum atomic E-state index is -5.26. The van der Waals surface area contributed by atoms with Crippen molar-refractivity contribution >= 4 is 46.6 Å². The Hall–Kier alpha value is -4.81. The van der Waals surface area contributed by atoms with Crippen molar-refractivity contribution in [1.82, 2.24) is 10.6 Å². The molecule has 4 N–H and O–H groups in total. The SMILES string of the molecule is CNc1ccc(N=C2N=C(NC(=O)C(F)(F)F)C(=O)C=C2NC(=O)c2ccc(C(=O)O)cc2)cc1. The summed E-state index contributed by atoms with van der Waals surface area (Å²) in [5.74, 6) is -6.75. The highest BCUT2D eigenvalue weighted by Crippen LogP contribution is 2.20. The van der Waals surface area contributed by atoms with Gasteiger partial charge >= 0.3 is 18.1 Å². The zero-order valence-corrected chi connectivity index (χ0v) is 17.8. The molecule has 2 aromatic rings. The van der Waals surface area contributed by atoms with Crippen molar-refractivity contribution in [1.29, 1.82) is 0 Å². The number of alkyl halides is 3. The zero-order chi connectivity index (χ0) is 25.8. The van der Waals surface area contributed by atoms with Gasteiger partial charge in [-0.2, -0.15) is 13.2 Å². The summed E-state index contributed by atoms with van der Waals surface area (Å²) in [6.07, 6.45) is -4.49. The van der Waals surface area contributed by atoms with E-state index < -0.39 is 35.6 Å². The van der Waals surface area contributed by atoms with Crippen LogP contribution in [-0.2, 0) is 9.59 Å². The van der Waals surface area contributed by atoms with Crippen molar-refractivity contribution in [3.63, 3.8) is 0 Å². The number of dihydropyridines is 1. The Bertz CT molecular complexity index is 1280. The van der Waals surface area contributed by atoms with Crippen LogP contribution in [0.2, 0.25) is 0 Å². The van der Waals surface area contributed by atoms with Crippen LogP contribution in [0.5, 0.6) is 0 Å². The number of amidine groups is 2. The molecule has 0 unspecified atom stereocenters. The molecule has 0 atom stereocenters. The summed E-state index contributed by atoms with van der Waals surface area (Å²) in [4.78, 5) is 55.1. The lowest BCUT2D eigenvalue weighted by atomic mass is 10.1. The Morgan fingerprint density at radius 2 is 1.54 bits per heavy atom. The van der Waals surface area contributed by atoms with Crippen molar-refractivity contribution in [3.8, 4) is 0 Å². The molecule has 0 saturated heterocycles. The van der Waals surface area contributed by atoms with Crippen LogP contribution in [0.1, 0.15) is 20.7 Å². The molecule has 10 nitrogen and oxygen atoms in total. The molecular weight excluding hydrogens is 471 g/mol. The molecular formula is C22H16F3N5O5. The first kappa shape index (κ1) is 24.8. The topological polar surface area (TPSA) is 149 Å². The van der Waals surface area contributed by atoms with Crippen LogP contribution in [0.4, 0.5) is 24.5 Å². The van der Waals surface area contributed by atoms with E-state index >= 15 is 0 Å². The minimum absolute atomic E-state index is 0.0289. The number of amides is 2. The van der Waals surface area contributed by atoms with Crippen molar-refractivity contribution < 1.29 is 37.5 Å². The molecule has 35 heavy (non-hydrogen) atoms. The van der Waals surface area contributed by atoms with Gasteiger partial charge in [0.1, 0.15) is 0 Å². The van der Waals surface area contributed by atoms with Gasteiger partial charge in [0.15, 0.2) is 11.7 Å². The van der Waals surface area contributed by atoms with Crippen molar-refractivity contribution in [3.05, 3.63) is 71.4 Å². The van der Waals surface area contributed by atoms with E-state index in [1.807, 2.05) is 0 Å². The van der Waals surface area contributed by atoms with Crippen LogP contribution >= 0.6 is 0 Å². The molecule has 0 fully saturated rings. The monoisotopic (exact) mass is 487 g/mol. The van der Waals surface area contributed by atoms with Gasteiger partial charge in [-0.25, -0.2) is 14.8 Å². The maximum absolute atomic E-state index is 12.6. The molecule has 1 aliphatic heterocycles. The van der Waals surface area contributed by atoms with Gasteiger partial charge in [-0.15, -0.1) is 0 Å². The highest BCUT2D eigenvalue weighted by Gasteiger charge is 2.40. The van der Waals surface area contributed by atoms with E-state index in [4.69, 9.17) is 5.11 Å². The second kappa shape index (κ2) is 9.99. The Kier molecular flexibility index (Phi) is 7.08. The van der Waals surface area contributed by atoms with Gasteiger partial charge in [-0.1, -0.05) is 0 Å². The fraction of sp³-hybridized carbons (Fsp3) is 0.0909. The van der Waals surface area contributed by atoms with Crippen molar-refractivity contribution in [2.45, 2.75) is 6.18 Å². The number of hydrogen-bond donors (Lipinski definition) is 4. The molecule has 2 amide bonds. The first-order valence-electron chi connectivity index (χ1n) is 9.72. The average Bonchev–Trinajstić information content (AvgIpc) is 2.81. The summed E-state index contributed by atoms with van der Waals surface area (Å²) in [6.45, 7) is 0. The molecule has 0 bridgehead atoms. The second-order valence-electron chi connectivity index (χ2n) is 6.90. The number of nitrogens with one attached hydrogen (secondary N) is 3. The summed E-state index contributed by atoms with van der Waals surface area (Å²) in [5.41, 5.74) is 0.745. The van der Waals surface area contributed by atoms with Gasteiger partial charge in [0.25, 0.3) is 5.91 Å². The van der Waals surface area contributed by atoms with Gasteiger partial charge < -0.3 is 15.7 Å². The number of anilines is 1. The summed E-state index contributed by atoms with van der Waals surface area (Å²) in [5, 5.41) is 15.6. The first-order chi connectivity index (χ1) is 16.5. The van der Waals surface area contributed by atoms with Crippen LogP contribution in [-0.4, -0.2) is 53.6 Å². The Balaban J connectivity index is 1.94. The lowest BCUT2D eigenvalue weighted by Gasteiger charge is -2.16. The number of carbonyl (C=O) groups is 4. The normalized spacial score (nSPS) is 14.6. The average molecular weight is 487 g/mol. The van der Waals surface area contributed by atoms with Crippen molar-refractivity contribution in [2.75, 3.05) is 12.4 Å².